The molecule has 13 heavy (non-hydrogen) atoms. The zero-order valence-corrected chi connectivity index (χ0v) is 7.63. The minimum atomic E-state index is -0.534. The maximum atomic E-state index is 9.44. The van der Waals surface area contributed by atoms with Gasteiger partial charge >= 0.3 is 0 Å². The van der Waals surface area contributed by atoms with Crippen LogP contribution in [0.2, 0.25) is 0 Å². The molecule has 1 N–H and O–H groups in total. The van der Waals surface area contributed by atoms with Crippen molar-refractivity contribution in [2.24, 2.45) is 5.11 Å². The molecule has 0 bridgehead atoms. The van der Waals surface area contributed by atoms with E-state index in [1.807, 2.05) is 4.90 Å². The van der Waals surface area contributed by atoms with Gasteiger partial charge in [0.25, 0.3) is 0 Å². The lowest BCUT2D eigenvalue weighted by Crippen LogP contribution is -2.35. The van der Waals surface area contributed by atoms with Gasteiger partial charge in [0.05, 0.1) is 12.7 Å². The summed E-state index contributed by atoms with van der Waals surface area (Å²) in [5.41, 5.74) is 8.28. The van der Waals surface area contributed by atoms with E-state index in [2.05, 4.69) is 10.0 Å². The van der Waals surface area contributed by atoms with Crippen LogP contribution < -0.4 is 0 Å². The summed E-state index contributed by atoms with van der Waals surface area (Å²) >= 11 is 0. The molecule has 0 aromatic heterocycles. The standard InChI is InChI=1S/C7H14N4O2/c1-13-5-4-11-3-2-6(12)7(11)9-10-8/h6-7,12H,2-5H2,1H3. The van der Waals surface area contributed by atoms with Crippen LogP contribution in [0.5, 0.6) is 0 Å². The van der Waals surface area contributed by atoms with Gasteiger partial charge in [-0.25, -0.2) is 0 Å². The van der Waals surface area contributed by atoms with Crippen molar-refractivity contribution in [2.75, 3.05) is 26.8 Å². The second kappa shape index (κ2) is 5.04. The van der Waals surface area contributed by atoms with Crippen molar-refractivity contribution >= 4 is 0 Å². The van der Waals surface area contributed by atoms with Gasteiger partial charge in [-0.1, -0.05) is 5.11 Å². The zero-order chi connectivity index (χ0) is 9.68. The molecule has 74 valence electrons. The zero-order valence-electron chi connectivity index (χ0n) is 7.63. The first-order valence-corrected chi connectivity index (χ1v) is 4.25. The third-order valence-electron chi connectivity index (χ3n) is 2.18. The van der Waals surface area contributed by atoms with Crippen molar-refractivity contribution in [1.82, 2.24) is 4.90 Å². The molecule has 0 amide bonds. The first-order valence-electron chi connectivity index (χ1n) is 4.25. The Morgan fingerprint density at radius 3 is 3.15 bits per heavy atom. The van der Waals surface area contributed by atoms with Crippen molar-refractivity contribution in [2.45, 2.75) is 18.7 Å². The molecule has 6 heteroatoms. The van der Waals surface area contributed by atoms with Crippen LogP contribution in [0.1, 0.15) is 6.42 Å². The van der Waals surface area contributed by atoms with E-state index < -0.39 is 12.3 Å². The van der Waals surface area contributed by atoms with Gasteiger partial charge in [0.1, 0.15) is 6.17 Å². The summed E-state index contributed by atoms with van der Waals surface area (Å²) in [6, 6.07) is 0. The highest BCUT2D eigenvalue weighted by molar-refractivity contribution is 4.85. The Bertz CT molecular complexity index is 205. The van der Waals surface area contributed by atoms with Crippen LogP contribution in [0.4, 0.5) is 0 Å². The number of aliphatic hydroxyl groups is 1. The average Bonchev–Trinajstić information content (AvgIpc) is 2.46. The van der Waals surface area contributed by atoms with Crippen molar-refractivity contribution in [3.63, 3.8) is 0 Å². The average molecular weight is 186 g/mol. The first kappa shape index (κ1) is 10.3. The van der Waals surface area contributed by atoms with Gasteiger partial charge in [0.2, 0.25) is 0 Å². The minimum absolute atomic E-state index is 0.417. The fourth-order valence-corrected chi connectivity index (χ4v) is 1.48. The fourth-order valence-electron chi connectivity index (χ4n) is 1.48. The number of likely N-dealkylation sites (tertiary alicyclic amines) is 1. The number of hydrogen-bond donors (Lipinski definition) is 1. The highest BCUT2D eigenvalue weighted by atomic mass is 16.5. The molecule has 0 spiro atoms. The Labute approximate surface area is 76.7 Å². The fraction of sp³-hybridized carbons (Fsp3) is 1.00. The number of nitrogens with zero attached hydrogens (tertiary/aromatic N) is 4. The summed E-state index contributed by atoms with van der Waals surface area (Å²) in [4.78, 5) is 4.63. The van der Waals surface area contributed by atoms with E-state index in [1.54, 1.807) is 7.11 Å². The lowest BCUT2D eigenvalue weighted by atomic mass is 10.3. The third kappa shape index (κ3) is 2.57. The predicted molar refractivity (Wildman–Crippen MR) is 47.0 cm³/mol. The summed E-state index contributed by atoms with van der Waals surface area (Å²) in [6.07, 6.45) is -0.291. The molecule has 0 aromatic carbocycles. The molecule has 0 aliphatic carbocycles. The van der Waals surface area contributed by atoms with E-state index in [0.29, 0.717) is 19.6 Å². The summed E-state index contributed by atoms with van der Waals surface area (Å²) in [7, 11) is 1.62. The summed E-state index contributed by atoms with van der Waals surface area (Å²) < 4.78 is 4.91. The van der Waals surface area contributed by atoms with E-state index in [4.69, 9.17) is 10.3 Å². The Hall–Kier alpha value is -0.810. The number of azide groups is 1. The largest absolute Gasteiger partial charge is 0.391 e. The molecular formula is C7H14N4O2. The van der Waals surface area contributed by atoms with Gasteiger partial charge in [-0.2, -0.15) is 0 Å². The van der Waals surface area contributed by atoms with Crippen LogP contribution in [-0.2, 0) is 4.74 Å². The minimum Gasteiger partial charge on any atom is -0.391 e. The SMILES string of the molecule is COCCN1CCC(O)C1N=[N+]=[N-]. The van der Waals surface area contributed by atoms with Crippen LogP contribution in [0.25, 0.3) is 10.4 Å². The second-order valence-corrected chi connectivity index (χ2v) is 3.00. The molecule has 0 radical (unpaired) electrons. The van der Waals surface area contributed by atoms with Gasteiger partial charge in [-0.05, 0) is 12.0 Å². The van der Waals surface area contributed by atoms with Gasteiger partial charge in [0, 0.05) is 25.1 Å². The molecule has 2 atom stereocenters. The maximum Gasteiger partial charge on any atom is 0.115 e. The third-order valence-corrected chi connectivity index (χ3v) is 2.18. The Balaban J connectivity index is 2.48. The molecule has 1 saturated heterocycles. The van der Waals surface area contributed by atoms with E-state index in [0.717, 1.165) is 6.54 Å². The van der Waals surface area contributed by atoms with Crippen molar-refractivity contribution in [3.05, 3.63) is 10.4 Å². The molecule has 1 aliphatic heterocycles. The lowest BCUT2D eigenvalue weighted by molar-refractivity contribution is 0.0966. The number of aliphatic hydroxyl groups excluding tert-OH is 1. The van der Waals surface area contributed by atoms with Crippen LogP contribution in [0.3, 0.4) is 0 Å². The van der Waals surface area contributed by atoms with Crippen LogP contribution >= 0.6 is 0 Å². The normalized spacial score (nSPS) is 28.8. The van der Waals surface area contributed by atoms with Gasteiger partial charge in [-0.3, -0.25) is 4.90 Å². The van der Waals surface area contributed by atoms with Gasteiger partial charge in [-0.15, -0.1) is 0 Å². The topological polar surface area (TPSA) is 81.5 Å². The highest BCUT2D eigenvalue weighted by Gasteiger charge is 2.31. The number of methoxy groups -OCH3 is 1. The van der Waals surface area contributed by atoms with Crippen molar-refractivity contribution in [3.8, 4) is 0 Å². The number of ether oxygens (including phenoxy) is 1. The van der Waals surface area contributed by atoms with Gasteiger partial charge < -0.3 is 9.84 Å². The second-order valence-electron chi connectivity index (χ2n) is 3.00. The lowest BCUT2D eigenvalue weighted by Gasteiger charge is -2.20. The van der Waals surface area contributed by atoms with E-state index in [1.165, 1.54) is 0 Å². The van der Waals surface area contributed by atoms with E-state index >= 15 is 0 Å². The molecule has 0 saturated carbocycles. The molecule has 1 fully saturated rings. The van der Waals surface area contributed by atoms with Crippen LogP contribution in [0, 0.1) is 0 Å². The highest BCUT2D eigenvalue weighted by Crippen LogP contribution is 2.18. The molecular weight excluding hydrogens is 172 g/mol. The smallest absolute Gasteiger partial charge is 0.115 e. The molecule has 1 heterocycles. The first-order chi connectivity index (χ1) is 6.29. The van der Waals surface area contributed by atoms with E-state index in [-0.39, 0.29) is 0 Å². The van der Waals surface area contributed by atoms with Crippen molar-refractivity contribution < 1.29 is 9.84 Å². The monoisotopic (exact) mass is 186 g/mol. The molecule has 0 aromatic rings. The summed E-state index contributed by atoms with van der Waals surface area (Å²) in [5.74, 6) is 0. The predicted octanol–water partition coefficient (Wildman–Crippen LogP) is 0.336. The quantitative estimate of drug-likeness (QED) is 0.390. The van der Waals surface area contributed by atoms with Crippen LogP contribution in [0.15, 0.2) is 5.11 Å². The molecule has 1 aliphatic rings. The molecule has 6 nitrogen and oxygen atoms in total. The van der Waals surface area contributed by atoms with E-state index in [9.17, 15) is 5.11 Å². The van der Waals surface area contributed by atoms with Gasteiger partial charge in [0.15, 0.2) is 0 Å². The Morgan fingerprint density at radius 2 is 2.54 bits per heavy atom. The molecule has 1 rings (SSSR count). The Kier molecular flexibility index (Phi) is 3.98. The van der Waals surface area contributed by atoms with Crippen LogP contribution in [-0.4, -0.2) is 49.1 Å². The summed E-state index contributed by atoms with van der Waals surface area (Å²) in [6.45, 7) is 2.04. The Morgan fingerprint density at radius 1 is 1.77 bits per heavy atom. The molecule has 2 unspecified atom stereocenters. The maximum absolute atomic E-state index is 9.44. The van der Waals surface area contributed by atoms with Crippen molar-refractivity contribution in [1.29, 1.82) is 0 Å². The summed E-state index contributed by atoms with van der Waals surface area (Å²) in [5, 5.41) is 13.0. The number of hydrogen-bond acceptors (Lipinski definition) is 4. The number of rotatable bonds is 4.